The van der Waals surface area contributed by atoms with Gasteiger partial charge in [0.05, 0.1) is 44.6 Å². The van der Waals surface area contributed by atoms with E-state index in [1.165, 1.54) is 308 Å². The number of nitriles is 1. The molecule has 0 unspecified atom stereocenters. The Morgan fingerprint density at radius 2 is 0.707 bits per heavy atom. The first-order valence-electron chi connectivity index (χ1n) is 51.3. The van der Waals surface area contributed by atoms with E-state index in [9.17, 15) is 5.26 Å². The topological polar surface area (TPSA) is 78.0 Å². The van der Waals surface area contributed by atoms with E-state index in [1.807, 2.05) is 37.3 Å². The van der Waals surface area contributed by atoms with Gasteiger partial charge in [0.15, 0.2) is 5.70 Å². The average molecular weight is 1680 g/mol. The minimum atomic E-state index is 0.225. The van der Waals surface area contributed by atoms with E-state index in [2.05, 4.69) is 186 Å². The SMILES string of the molecule is CCCCCCCCCCCCC1(CCCCCCCCCCCC)c2cc(C)ccc2-c2ccc(C)cc21.CCCCCCCCCCCCc1cc(C)ccc1C.CCCCCCc1nc(C)ccc1C.[C-]#[N+]/C(=C\c1cc(OCCCCCC)c(C)cc1OCCCCCC)c1cc(OCCCCCC)c(/C(C#N)=C/C)cc1OCCCCCC. The predicted molar refractivity (Wildman–Crippen MR) is 538 cm³/mol. The van der Waals surface area contributed by atoms with Crippen molar-refractivity contribution in [1.82, 2.24) is 4.98 Å². The lowest BCUT2D eigenvalue weighted by Crippen LogP contribution is -2.25. The number of hydrogen-bond acceptors (Lipinski definition) is 6. The van der Waals surface area contributed by atoms with Gasteiger partial charge in [0.2, 0.25) is 0 Å². The number of ether oxygens (including phenoxy) is 4. The third-order valence-corrected chi connectivity index (χ3v) is 25.3. The fourth-order valence-electron chi connectivity index (χ4n) is 17.5. The smallest absolute Gasteiger partial charge is 0.198 e. The number of aromatic nitrogens is 1. The van der Waals surface area contributed by atoms with Gasteiger partial charge in [-0.3, -0.25) is 4.98 Å². The van der Waals surface area contributed by atoms with Gasteiger partial charge in [0, 0.05) is 33.5 Å². The molecule has 0 amide bonds. The Kier molecular flexibility index (Phi) is 60.8. The molecule has 0 saturated carbocycles. The molecule has 1 aromatic heterocycles. The van der Waals surface area contributed by atoms with E-state index >= 15 is 0 Å². The van der Waals surface area contributed by atoms with Gasteiger partial charge in [-0.2, -0.15) is 5.26 Å². The molecule has 5 aromatic carbocycles. The van der Waals surface area contributed by atoms with Crippen LogP contribution in [-0.4, -0.2) is 31.4 Å². The fraction of sp³-hybridized carbons (Fsp3) is 0.647. The highest BCUT2D eigenvalue weighted by molar-refractivity contribution is 5.92. The standard InChI is InChI=1S/C44H64N2O4.C39H62.C20H34.C13H21N/c1-8-13-17-21-25-47-41-31-37(42(29-35(41)6)48-26-22-18-14-9-2)30-40(46-7)39-33-43(49-27-23-19-15-10-3)38(36(12-5)34-45)32-44(39)50-28-24-20-16-11-4;1-5-7-9-11-13-15-17-19-21-23-29-39(30-24-22-20-18-16-14-12-10-8-6-2)37-31-33(3)25-27-35(37)36-28-26-34(4)32-38(36)39;1-4-5-6-7-8-9-10-11-12-13-14-20-17-18(2)15-16-19(20)3;1-4-5-6-7-8-13-11(2)9-10-12(3)14-13/h12,29-33H,8-11,13-28H2,1-6H3;25-28,31-32H,5-24,29-30H2,1-4H3;15-17H,4-14H2,1-3H3;9-10H,4-8H2,1-3H3/b36-12+,40-30-;;;. The van der Waals surface area contributed by atoms with E-state index in [4.69, 9.17) is 25.5 Å². The zero-order valence-electron chi connectivity index (χ0n) is 82.3. The fourth-order valence-corrected chi connectivity index (χ4v) is 17.5. The third kappa shape index (κ3) is 43.8. The van der Waals surface area contributed by atoms with Crippen molar-refractivity contribution < 1.29 is 18.9 Å². The molecule has 0 saturated heterocycles. The lowest BCUT2D eigenvalue weighted by atomic mass is 9.70. The van der Waals surface area contributed by atoms with Gasteiger partial charge in [-0.25, -0.2) is 4.85 Å². The second-order valence-corrected chi connectivity index (χ2v) is 36.5. The van der Waals surface area contributed by atoms with Crippen molar-refractivity contribution in [2.24, 2.45) is 0 Å². The summed E-state index contributed by atoms with van der Waals surface area (Å²) in [7, 11) is 0. The summed E-state index contributed by atoms with van der Waals surface area (Å²) in [5.74, 6) is 2.71. The van der Waals surface area contributed by atoms with E-state index in [1.54, 1.807) is 22.8 Å². The van der Waals surface area contributed by atoms with Crippen LogP contribution >= 0.6 is 0 Å². The highest BCUT2D eigenvalue weighted by atomic mass is 16.5. The van der Waals surface area contributed by atoms with Crippen LogP contribution in [0.2, 0.25) is 0 Å². The monoisotopic (exact) mass is 1680 g/mol. The molecule has 0 aliphatic heterocycles. The minimum absolute atomic E-state index is 0.225. The maximum atomic E-state index is 10.0. The Morgan fingerprint density at radius 3 is 1.13 bits per heavy atom. The number of allylic oxidation sites excluding steroid dienone is 2. The molecule has 0 spiro atoms. The van der Waals surface area contributed by atoms with Crippen molar-refractivity contribution in [3.05, 3.63) is 187 Å². The first kappa shape index (κ1) is 108. The van der Waals surface area contributed by atoms with Gasteiger partial charge in [-0.1, -0.05) is 421 Å². The quantitative estimate of drug-likeness (QED) is 0.0164. The molecule has 1 aliphatic rings. The van der Waals surface area contributed by atoms with Crippen LogP contribution in [0.5, 0.6) is 23.0 Å². The molecule has 684 valence electrons. The maximum Gasteiger partial charge on any atom is 0.198 e. The van der Waals surface area contributed by atoms with Gasteiger partial charge in [0.1, 0.15) is 23.0 Å². The van der Waals surface area contributed by atoms with E-state index < -0.39 is 0 Å². The number of hydrogen-bond donors (Lipinski definition) is 0. The van der Waals surface area contributed by atoms with E-state index in [0.717, 1.165) is 112 Å². The maximum absolute atomic E-state index is 10.0. The van der Waals surface area contributed by atoms with Gasteiger partial charge >= 0.3 is 0 Å². The Balaban J connectivity index is 0.000000380. The summed E-state index contributed by atoms with van der Waals surface area (Å²) in [6.07, 6.45) is 74.2. The van der Waals surface area contributed by atoms with Crippen molar-refractivity contribution in [3.63, 3.8) is 0 Å². The number of benzene rings is 5. The first-order chi connectivity index (χ1) is 60.1. The second kappa shape index (κ2) is 69.1. The van der Waals surface area contributed by atoms with Gasteiger partial charge in [-0.15, -0.1) is 0 Å². The number of pyridine rings is 1. The van der Waals surface area contributed by atoms with Crippen LogP contribution in [-0.2, 0) is 18.3 Å². The normalized spacial score (nSPS) is 12.0. The first-order valence-corrected chi connectivity index (χ1v) is 51.3. The zero-order chi connectivity index (χ0) is 89.2. The molecule has 0 N–H and O–H groups in total. The highest BCUT2D eigenvalue weighted by Crippen LogP contribution is 2.55. The summed E-state index contributed by atoms with van der Waals surface area (Å²) in [4.78, 5) is 8.63. The molecule has 7 nitrogen and oxygen atoms in total. The average Bonchev–Trinajstić information content (AvgIpc) is 1.56. The van der Waals surface area contributed by atoms with Crippen LogP contribution in [0, 0.1) is 66.4 Å². The van der Waals surface area contributed by atoms with E-state index in [0.29, 0.717) is 60.3 Å². The van der Waals surface area contributed by atoms with Crippen molar-refractivity contribution >= 4 is 17.3 Å². The summed E-state index contributed by atoms with van der Waals surface area (Å²) >= 11 is 0. The Labute approximate surface area is 758 Å². The number of rotatable bonds is 65. The van der Waals surface area contributed by atoms with Crippen LogP contribution in [0.3, 0.4) is 0 Å². The molecule has 1 aliphatic carbocycles. The van der Waals surface area contributed by atoms with Crippen molar-refractivity contribution in [3.8, 4) is 40.2 Å². The lowest BCUT2D eigenvalue weighted by Gasteiger charge is -2.33. The summed E-state index contributed by atoms with van der Waals surface area (Å²) in [6.45, 7) is 45.8. The number of unbranched alkanes of at least 4 members (excludes halogenated alkanes) is 42. The minimum Gasteiger partial charge on any atom is -0.494 e. The van der Waals surface area contributed by atoms with Crippen LogP contribution in [0.15, 0.2) is 97.1 Å². The summed E-state index contributed by atoms with van der Waals surface area (Å²) in [5.41, 5.74) is 21.7. The number of fused-ring (bicyclic) bond motifs is 3. The van der Waals surface area contributed by atoms with Gasteiger partial charge < -0.3 is 18.9 Å². The lowest BCUT2D eigenvalue weighted by molar-refractivity contribution is 0.295. The molecule has 0 fully saturated rings. The Bertz CT molecular complexity index is 3820. The van der Waals surface area contributed by atoms with Crippen molar-refractivity contribution in [2.75, 3.05) is 26.4 Å². The molecule has 0 radical (unpaired) electrons. The van der Waals surface area contributed by atoms with Gasteiger partial charge in [-0.05, 0) is 201 Å². The Morgan fingerprint density at radius 1 is 0.358 bits per heavy atom. The van der Waals surface area contributed by atoms with Crippen LogP contribution in [0.4, 0.5) is 0 Å². The molecule has 7 heteroatoms. The molecule has 0 atom stereocenters. The largest absolute Gasteiger partial charge is 0.494 e. The number of nitrogens with zero attached hydrogens (tertiary/aromatic N) is 3. The summed E-state index contributed by atoms with van der Waals surface area (Å²) < 4.78 is 25.4. The summed E-state index contributed by atoms with van der Waals surface area (Å²) in [6, 6.07) is 35.9. The van der Waals surface area contributed by atoms with Crippen LogP contribution < -0.4 is 18.9 Å². The molecule has 0 bridgehead atoms. The van der Waals surface area contributed by atoms with Crippen molar-refractivity contribution in [2.45, 2.75) is 463 Å². The molecule has 1 heterocycles. The Hall–Kier alpha value is -7.09. The molecule has 7 rings (SSSR count). The predicted octanol–water partition coefficient (Wildman–Crippen LogP) is 37.0. The molecular weight excluding hydrogens is 1500 g/mol. The highest BCUT2D eigenvalue weighted by Gasteiger charge is 2.42. The molecule has 123 heavy (non-hydrogen) atoms. The van der Waals surface area contributed by atoms with Gasteiger partial charge in [0.25, 0.3) is 0 Å². The van der Waals surface area contributed by atoms with E-state index in [-0.39, 0.29) is 5.41 Å². The zero-order valence-corrected chi connectivity index (χ0v) is 82.3. The van der Waals surface area contributed by atoms with Crippen molar-refractivity contribution in [1.29, 1.82) is 5.26 Å². The second-order valence-electron chi connectivity index (χ2n) is 36.5. The van der Waals surface area contributed by atoms with Crippen LogP contribution in [0.25, 0.3) is 33.3 Å². The third-order valence-electron chi connectivity index (χ3n) is 25.3. The number of aryl methyl sites for hydroxylation is 9. The molecule has 6 aromatic rings. The van der Waals surface area contributed by atoms with Crippen LogP contribution in [0.1, 0.15) is 474 Å². The summed E-state index contributed by atoms with van der Waals surface area (Å²) in [5, 5.41) is 10.0. The molecular formula is C116H181N3O4.